The minimum atomic E-state index is -0.347. The van der Waals surface area contributed by atoms with Crippen LogP contribution in [-0.2, 0) is 6.42 Å². The van der Waals surface area contributed by atoms with E-state index in [2.05, 4.69) is 15.2 Å². The van der Waals surface area contributed by atoms with Crippen LogP contribution >= 0.6 is 11.3 Å². The average molecular weight is 437 g/mol. The molecule has 0 spiro atoms. The van der Waals surface area contributed by atoms with Gasteiger partial charge in [-0.3, -0.25) is 9.69 Å². The Kier molecular flexibility index (Phi) is 6.91. The predicted octanol–water partition coefficient (Wildman–Crippen LogP) is 3.75. The number of ether oxygens (including phenoxy) is 1. The predicted molar refractivity (Wildman–Crippen MR) is 121 cm³/mol. The highest BCUT2D eigenvalue weighted by atomic mass is 32.1. The lowest BCUT2D eigenvalue weighted by Crippen LogP contribution is -2.49. The molecule has 1 N–H and O–H groups in total. The van der Waals surface area contributed by atoms with Gasteiger partial charge in [-0.1, -0.05) is 18.2 Å². The van der Waals surface area contributed by atoms with Gasteiger partial charge in [-0.15, -0.1) is 11.3 Å². The molecule has 0 aliphatic carbocycles. The van der Waals surface area contributed by atoms with Crippen LogP contribution < -0.4 is 10.1 Å². The van der Waals surface area contributed by atoms with Gasteiger partial charge in [0.1, 0.15) is 5.75 Å². The van der Waals surface area contributed by atoms with Crippen molar-refractivity contribution < 1.29 is 14.3 Å². The van der Waals surface area contributed by atoms with Crippen LogP contribution in [0.2, 0.25) is 0 Å². The SMILES string of the molecule is O=C(Nc1ccc(OC(=O)N2CCN(CCc3nccs3)CC2)cc1)c1ccccc1. The molecule has 0 radical (unpaired) electrons. The molecule has 1 aliphatic rings. The van der Waals surface area contributed by atoms with Crippen molar-refractivity contribution in [2.45, 2.75) is 6.42 Å². The third-order valence-corrected chi connectivity index (χ3v) is 5.95. The zero-order chi connectivity index (χ0) is 21.5. The van der Waals surface area contributed by atoms with E-state index in [-0.39, 0.29) is 12.0 Å². The Balaban J connectivity index is 1.22. The van der Waals surface area contributed by atoms with Gasteiger partial charge in [0.2, 0.25) is 0 Å². The van der Waals surface area contributed by atoms with Crippen molar-refractivity contribution in [1.29, 1.82) is 0 Å². The number of anilines is 1. The smallest absolute Gasteiger partial charge is 0.410 e. The van der Waals surface area contributed by atoms with Crippen molar-refractivity contribution >= 4 is 29.0 Å². The first-order chi connectivity index (χ1) is 15.2. The molecule has 1 saturated heterocycles. The maximum Gasteiger partial charge on any atom is 0.415 e. The number of amides is 2. The molecule has 0 bridgehead atoms. The van der Waals surface area contributed by atoms with Gasteiger partial charge in [-0.05, 0) is 36.4 Å². The Bertz CT molecular complexity index is 985. The van der Waals surface area contributed by atoms with Crippen molar-refractivity contribution in [2.75, 3.05) is 38.0 Å². The number of carbonyl (C=O) groups is 2. The Morgan fingerprint density at radius 1 is 1.00 bits per heavy atom. The quantitative estimate of drug-likeness (QED) is 0.637. The first-order valence-electron chi connectivity index (χ1n) is 10.2. The number of nitrogens with zero attached hydrogens (tertiary/aromatic N) is 3. The number of carbonyl (C=O) groups excluding carboxylic acids is 2. The number of rotatable bonds is 6. The minimum Gasteiger partial charge on any atom is -0.410 e. The molecule has 7 nitrogen and oxygen atoms in total. The topological polar surface area (TPSA) is 74.8 Å². The third-order valence-electron chi connectivity index (χ3n) is 5.11. The molecule has 1 fully saturated rings. The van der Waals surface area contributed by atoms with E-state index in [1.807, 2.05) is 29.8 Å². The summed E-state index contributed by atoms with van der Waals surface area (Å²) in [5, 5.41) is 5.97. The van der Waals surface area contributed by atoms with E-state index in [1.54, 1.807) is 52.6 Å². The second kappa shape index (κ2) is 10.2. The lowest BCUT2D eigenvalue weighted by molar-refractivity contribution is 0.102. The summed E-state index contributed by atoms with van der Waals surface area (Å²) in [7, 11) is 0. The number of piperazine rings is 1. The van der Waals surface area contributed by atoms with Crippen molar-refractivity contribution in [3.05, 3.63) is 76.7 Å². The van der Waals surface area contributed by atoms with Gasteiger partial charge >= 0.3 is 6.09 Å². The minimum absolute atomic E-state index is 0.182. The first kappa shape index (κ1) is 21.0. The molecule has 31 heavy (non-hydrogen) atoms. The molecule has 1 aromatic heterocycles. The highest BCUT2D eigenvalue weighted by molar-refractivity contribution is 7.09. The van der Waals surface area contributed by atoms with Crippen LogP contribution in [0.1, 0.15) is 15.4 Å². The summed E-state index contributed by atoms with van der Waals surface area (Å²) in [5.41, 5.74) is 1.23. The van der Waals surface area contributed by atoms with Crippen molar-refractivity contribution in [1.82, 2.24) is 14.8 Å². The standard InChI is InChI=1S/C23H24N4O3S/c28-22(18-4-2-1-3-5-18)25-19-6-8-20(9-7-19)30-23(29)27-15-13-26(14-16-27)12-10-21-24-11-17-31-21/h1-9,11,17H,10,12-16H2,(H,25,28). The number of hydrogen-bond acceptors (Lipinski definition) is 6. The van der Waals surface area contributed by atoms with Crippen LogP contribution in [-0.4, -0.2) is 59.5 Å². The molecule has 160 valence electrons. The summed E-state index contributed by atoms with van der Waals surface area (Å²) in [6.07, 6.45) is 2.42. The number of benzene rings is 2. The highest BCUT2D eigenvalue weighted by Gasteiger charge is 2.22. The molecule has 0 unspecified atom stereocenters. The lowest BCUT2D eigenvalue weighted by atomic mass is 10.2. The monoisotopic (exact) mass is 436 g/mol. The molecule has 1 aliphatic heterocycles. The van der Waals surface area contributed by atoms with E-state index in [9.17, 15) is 9.59 Å². The van der Waals surface area contributed by atoms with Gasteiger partial charge < -0.3 is 15.0 Å². The summed E-state index contributed by atoms with van der Waals surface area (Å²) in [4.78, 5) is 33.1. The van der Waals surface area contributed by atoms with Crippen molar-refractivity contribution in [2.24, 2.45) is 0 Å². The normalized spacial score (nSPS) is 14.3. The maximum absolute atomic E-state index is 12.5. The van der Waals surface area contributed by atoms with Crippen LogP contribution in [0.15, 0.2) is 66.2 Å². The van der Waals surface area contributed by atoms with Crippen molar-refractivity contribution in [3.63, 3.8) is 0 Å². The Morgan fingerprint density at radius 3 is 2.42 bits per heavy atom. The van der Waals surface area contributed by atoms with Crippen LogP contribution in [0.3, 0.4) is 0 Å². The largest absolute Gasteiger partial charge is 0.415 e. The Morgan fingerprint density at radius 2 is 1.74 bits per heavy atom. The third kappa shape index (κ3) is 5.90. The van der Waals surface area contributed by atoms with E-state index in [4.69, 9.17) is 4.74 Å². The molecule has 8 heteroatoms. The van der Waals surface area contributed by atoms with Gasteiger partial charge in [0.05, 0.1) is 5.01 Å². The number of hydrogen-bond donors (Lipinski definition) is 1. The maximum atomic E-state index is 12.5. The molecule has 2 aromatic carbocycles. The Labute approximate surface area is 185 Å². The van der Waals surface area contributed by atoms with Gasteiger partial charge in [0, 0.05) is 62.0 Å². The second-order valence-electron chi connectivity index (χ2n) is 7.22. The van der Waals surface area contributed by atoms with E-state index < -0.39 is 0 Å². The van der Waals surface area contributed by atoms with Crippen LogP contribution in [0.4, 0.5) is 10.5 Å². The Hall–Kier alpha value is -3.23. The molecule has 0 atom stereocenters. The molecular formula is C23H24N4O3S. The molecule has 0 saturated carbocycles. The summed E-state index contributed by atoms with van der Waals surface area (Å²) >= 11 is 1.68. The zero-order valence-corrected chi connectivity index (χ0v) is 17.9. The molecule has 2 heterocycles. The fourth-order valence-electron chi connectivity index (χ4n) is 3.35. The molecule has 3 aromatic rings. The molecular weight excluding hydrogens is 412 g/mol. The van der Waals surface area contributed by atoms with E-state index >= 15 is 0 Å². The highest BCUT2D eigenvalue weighted by Crippen LogP contribution is 2.18. The summed E-state index contributed by atoms with van der Waals surface area (Å²) in [5.74, 6) is 0.270. The van der Waals surface area contributed by atoms with Crippen molar-refractivity contribution in [3.8, 4) is 5.75 Å². The van der Waals surface area contributed by atoms with Crippen LogP contribution in [0.25, 0.3) is 0 Å². The number of nitrogens with one attached hydrogen (secondary N) is 1. The fraction of sp³-hybridized carbons (Fsp3) is 0.261. The van der Waals surface area contributed by atoms with Gasteiger partial charge in [-0.2, -0.15) is 0 Å². The number of aromatic nitrogens is 1. The molecule has 2 amide bonds. The van der Waals surface area contributed by atoms with Gasteiger partial charge in [0.15, 0.2) is 0 Å². The summed E-state index contributed by atoms with van der Waals surface area (Å²) < 4.78 is 5.50. The van der Waals surface area contributed by atoms with Crippen LogP contribution in [0.5, 0.6) is 5.75 Å². The number of thiazole rings is 1. The van der Waals surface area contributed by atoms with Gasteiger partial charge in [0.25, 0.3) is 5.91 Å². The summed E-state index contributed by atoms with van der Waals surface area (Å²) in [6.45, 7) is 3.88. The lowest BCUT2D eigenvalue weighted by Gasteiger charge is -2.33. The fourth-order valence-corrected chi connectivity index (χ4v) is 3.96. The average Bonchev–Trinajstić information content (AvgIpc) is 3.33. The zero-order valence-electron chi connectivity index (χ0n) is 17.1. The van der Waals surface area contributed by atoms with E-state index in [1.165, 1.54) is 0 Å². The van der Waals surface area contributed by atoms with Gasteiger partial charge in [-0.25, -0.2) is 9.78 Å². The van der Waals surface area contributed by atoms with E-state index in [0.29, 0.717) is 30.1 Å². The first-order valence-corrected chi connectivity index (χ1v) is 11.1. The van der Waals surface area contributed by atoms with Crippen LogP contribution in [0, 0.1) is 0 Å². The summed E-state index contributed by atoms with van der Waals surface area (Å²) in [6, 6.07) is 15.8. The van der Waals surface area contributed by atoms with E-state index in [0.717, 1.165) is 31.1 Å². The second-order valence-corrected chi connectivity index (χ2v) is 8.20. The molecule has 4 rings (SSSR count).